The molecule has 0 radical (unpaired) electrons. The van der Waals surface area contributed by atoms with Gasteiger partial charge >= 0.3 is 0 Å². The molecule has 0 spiro atoms. The van der Waals surface area contributed by atoms with Crippen LogP contribution in [0.5, 0.6) is 0 Å². The van der Waals surface area contributed by atoms with Gasteiger partial charge in [0.2, 0.25) is 0 Å². The summed E-state index contributed by atoms with van der Waals surface area (Å²) in [6, 6.07) is 7.86. The minimum absolute atomic E-state index is 0.531. The van der Waals surface area contributed by atoms with Gasteiger partial charge in [-0.05, 0) is 36.8 Å². The summed E-state index contributed by atoms with van der Waals surface area (Å²) in [5.74, 6) is 0. The van der Waals surface area contributed by atoms with Gasteiger partial charge in [0.05, 0.1) is 6.21 Å². The fourth-order valence-corrected chi connectivity index (χ4v) is 1.57. The molecule has 0 aliphatic carbocycles. The van der Waals surface area contributed by atoms with Crippen LogP contribution in [0.4, 0.5) is 0 Å². The zero-order valence-electron chi connectivity index (χ0n) is 8.33. The van der Waals surface area contributed by atoms with E-state index in [0.29, 0.717) is 5.11 Å². The van der Waals surface area contributed by atoms with E-state index in [-0.39, 0.29) is 0 Å². The number of hydrogen-bond acceptors (Lipinski definition) is 2. The summed E-state index contributed by atoms with van der Waals surface area (Å²) in [5.41, 5.74) is 3.74. The summed E-state index contributed by atoms with van der Waals surface area (Å²) in [5, 5.41) is 7.47. The highest BCUT2D eigenvalue weighted by atomic mass is 79.9. The van der Waals surface area contributed by atoms with Crippen LogP contribution in [-0.4, -0.2) is 17.9 Å². The predicted octanol–water partition coefficient (Wildman–Crippen LogP) is 2.27. The minimum Gasteiger partial charge on any atom is -0.362 e. The van der Waals surface area contributed by atoms with Gasteiger partial charge in [-0.25, -0.2) is 0 Å². The van der Waals surface area contributed by atoms with Gasteiger partial charge in [-0.3, -0.25) is 5.43 Å². The standard InChI is InChI=1S/C10H12BrN3S/c1-2-12-10(15)14-13-7-8-4-3-5-9(11)6-8/h3-7H,2H2,1H3,(H2,12,14,15)/b13-7-. The highest BCUT2D eigenvalue weighted by molar-refractivity contribution is 9.10. The molecule has 0 aliphatic rings. The fourth-order valence-electron chi connectivity index (χ4n) is 0.952. The van der Waals surface area contributed by atoms with E-state index in [1.165, 1.54) is 0 Å². The van der Waals surface area contributed by atoms with Gasteiger partial charge in [0.1, 0.15) is 0 Å². The van der Waals surface area contributed by atoms with E-state index in [4.69, 9.17) is 12.2 Å². The molecule has 1 rings (SSSR count). The summed E-state index contributed by atoms with van der Waals surface area (Å²) in [6.07, 6.45) is 1.72. The van der Waals surface area contributed by atoms with Crippen LogP contribution in [0.25, 0.3) is 0 Å². The van der Waals surface area contributed by atoms with Crippen molar-refractivity contribution in [3.05, 3.63) is 34.3 Å². The van der Waals surface area contributed by atoms with E-state index in [2.05, 4.69) is 31.8 Å². The number of rotatable bonds is 3. The molecule has 0 aromatic heterocycles. The minimum atomic E-state index is 0.531. The molecule has 0 saturated heterocycles. The fraction of sp³-hybridized carbons (Fsp3) is 0.200. The predicted molar refractivity (Wildman–Crippen MR) is 71.1 cm³/mol. The van der Waals surface area contributed by atoms with Gasteiger partial charge < -0.3 is 5.32 Å². The van der Waals surface area contributed by atoms with Gasteiger partial charge in [0.25, 0.3) is 0 Å². The van der Waals surface area contributed by atoms with Crippen LogP contribution >= 0.6 is 28.1 Å². The van der Waals surface area contributed by atoms with E-state index in [1.54, 1.807) is 6.21 Å². The maximum atomic E-state index is 4.95. The molecule has 0 heterocycles. The lowest BCUT2D eigenvalue weighted by atomic mass is 10.2. The number of nitrogens with one attached hydrogen (secondary N) is 2. The second-order valence-corrected chi connectivity index (χ2v) is 4.11. The zero-order valence-corrected chi connectivity index (χ0v) is 10.7. The second kappa shape index (κ2) is 6.53. The molecule has 0 aliphatic heterocycles. The molecule has 5 heteroatoms. The van der Waals surface area contributed by atoms with E-state index < -0.39 is 0 Å². The molecule has 1 aromatic rings. The molecule has 80 valence electrons. The number of benzene rings is 1. The first-order valence-corrected chi connectivity index (χ1v) is 5.75. The SMILES string of the molecule is CCNC(=S)N/N=C\c1cccc(Br)c1. The Kier molecular flexibility index (Phi) is 5.28. The Morgan fingerprint density at radius 1 is 1.60 bits per heavy atom. The third-order valence-corrected chi connectivity index (χ3v) is 2.29. The Morgan fingerprint density at radius 3 is 3.07 bits per heavy atom. The van der Waals surface area contributed by atoms with Gasteiger partial charge in [-0.2, -0.15) is 5.10 Å². The summed E-state index contributed by atoms with van der Waals surface area (Å²) in [4.78, 5) is 0. The van der Waals surface area contributed by atoms with Gasteiger partial charge in [0.15, 0.2) is 5.11 Å². The first-order chi connectivity index (χ1) is 7.22. The van der Waals surface area contributed by atoms with Crippen molar-refractivity contribution in [2.45, 2.75) is 6.92 Å². The Hall–Kier alpha value is -0.940. The summed E-state index contributed by atoms with van der Waals surface area (Å²) in [7, 11) is 0. The Balaban J connectivity index is 2.48. The van der Waals surface area contributed by atoms with Crippen molar-refractivity contribution in [2.75, 3.05) is 6.54 Å². The first kappa shape index (κ1) is 12.1. The molecular weight excluding hydrogens is 274 g/mol. The van der Waals surface area contributed by atoms with Crippen LogP contribution in [0, 0.1) is 0 Å². The molecule has 2 N–H and O–H groups in total. The number of hydrazone groups is 1. The molecule has 0 fully saturated rings. The van der Waals surface area contributed by atoms with Crippen molar-refractivity contribution >= 4 is 39.5 Å². The van der Waals surface area contributed by atoms with E-state index in [1.807, 2.05) is 31.2 Å². The lowest BCUT2D eigenvalue weighted by Gasteiger charge is -2.02. The summed E-state index contributed by atoms with van der Waals surface area (Å²) in [6.45, 7) is 2.77. The normalized spacial score (nSPS) is 10.3. The number of hydrogen-bond donors (Lipinski definition) is 2. The monoisotopic (exact) mass is 285 g/mol. The number of halogens is 1. The van der Waals surface area contributed by atoms with Crippen LogP contribution in [0.15, 0.2) is 33.8 Å². The molecular formula is C10H12BrN3S. The van der Waals surface area contributed by atoms with Crippen LogP contribution in [0.3, 0.4) is 0 Å². The molecule has 0 unspecified atom stereocenters. The highest BCUT2D eigenvalue weighted by Gasteiger charge is 1.90. The van der Waals surface area contributed by atoms with Gasteiger partial charge in [0, 0.05) is 11.0 Å². The second-order valence-electron chi connectivity index (χ2n) is 2.78. The van der Waals surface area contributed by atoms with Crippen LogP contribution in [0.1, 0.15) is 12.5 Å². The lowest BCUT2D eigenvalue weighted by molar-refractivity contribution is 0.904. The van der Waals surface area contributed by atoms with Crippen molar-refractivity contribution in [2.24, 2.45) is 5.10 Å². The molecule has 0 bridgehead atoms. The summed E-state index contributed by atoms with van der Waals surface area (Å²) < 4.78 is 1.03. The highest BCUT2D eigenvalue weighted by Crippen LogP contribution is 2.09. The van der Waals surface area contributed by atoms with Crippen LogP contribution in [0.2, 0.25) is 0 Å². The molecule has 15 heavy (non-hydrogen) atoms. The van der Waals surface area contributed by atoms with Crippen molar-refractivity contribution in [3.8, 4) is 0 Å². The Morgan fingerprint density at radius 2 is 2.40 bits per heavy atom. The zero-order chi connectivity index (χ0) is 11.1. The van der Waals surface area contributed by atoms with Gasteiger partial charge in [-0.1, -0.05) is 28.1 Å². The van der Waals surface area contributed by atoms with Crippen LogP contribution in [-0.2, 0) is 0 Å². The average molecular weight is 286 g/mol. The van der Waals surface area contributed by atoms with Gasteiger partial charge in [-0.15, -0.1) is 0 Å². The number of nitrogens with zero attached hydrogens (tertiary/aromatic N) is 1. The largest absolute Gasteiger partial charge is 0.362 e. The van der Waals surface area contributed by atoms with E-state index in [0.717, 1.165) is 16.6 Å². The lowest BCUT2D eigenvalue weighted by Crippen LogP contribution is -2.31. The van der Waals surface area contributed by atoms with Crippen LogP contribution < -0.4 is 10.7 Å². The van der Waals surface area contributed by atoms with E-state index in [9.17, 15) is 0 Å². The third kappa shape index (κ3) is 4.90. The Bertz CT molecular complexity index is 365. The molecule has 0 saturated carbocycles. The first-order valence-electron chi connectivity index (χ1n) is 4.55. The van der Waals surface area contributed by atoms with E-state index >= 15 is 0 Å². The maximum Gasteiger partial charge on any atom is 0.186 e. The van der Waals surface area contributed by atoms with Crippen molar-refractivity contribution in [1.82, 2.24) is 10.7 Å². The topological polar surface area (TPSA) is 36.4 Å². The smallest absolute Gasteiger partial charge is 0.186 e. The number of thiocarbonyl (C=S) groups is 1. The molecule has 1 aromatic carbocycles. The summed E-state index contributed by atoms with van der Waals surface area (Å²) >= 11 is 8.34. The maximum absolute atomic E-state index is 4.95. The van der Waals surface area contributed by atoms with Crippen molar-refractivity contribution in [1.29, 1.82) is 0 Å². The quantitative estimate of drug-likeness (QED) is 0.508. The van der Waals surface area contributed by atoms with Crippen molar-refractivity contribution in [3.63, 3.8) is 0 Å². The third-order valence-electron chi connectivity index (χ3n) is 1.57. The molecule has 0 amide bonds. The average Bonchev–Trinajstić information content (AvgIpc) is 2.18. The molecule has 0 atom stereocenters. The molecule has 3 nitrogen and oxygen atoms in total. The Labute approximate surface area is 103 Å². The van der Waals surface area contributed by atoms with Crippen molar-refractivity contribution < 1.29 is 0 Å².